The van der Waals surface area contributed by atoms with Crippen molar-refractivity contribution in [3.63, 3.8) is 0 Å². The summed E-state index contributed by atoms with van der Waals surface area (Å²) in [4.78, 5) is 4.45. The number of nitrogens with one attached hydrogen (secondary N) is 1. The monoisotopic (exact) mass is 309 g/mol. The third kappa shape index (κ3) is 2.63. The van der Waals surface area contributed by atoms with Crippen molar-refractivity contribution in [1.82, 2.24) is 14.6 Å². The predicted molar refractivity (Wildman–Crippen MR) is 88.0 cm³/mol. The van der Waals surface area contributed by atoms with E-state index in [1.165, 1.54) is 17.3 Å². The van der Waals surface area contributed by atoms with Crippen molar-refractivity contribution in [2.24, 2.45) is 0 Å². The maximum absolute atomic E-state index is 9.48. The summed E-state index contributed by atoms with van der Waals surface area (Å²) < 4.78 is 1.67. The van der Waals surface area contributed by atoms with E-state index in [1.807, 2.05) is 12.3 Å². The standard InChI is InChI=1S/C16H15N5S/c1-11-3-5-12(6-4-11)10-18-15-13(9-17)16(22-2)20-14-7-8-19-21(14)15/h3-8,18H,10H2,1-2H3. The van der Waals surface area contributed by atoms with Crippen LogP contribution >= 0.6 is 11.8 Å². The predicted octanol–water partition coefficient (Wildman–Crippen LogP) is 3.24. The van der Waals surface area contributed by atoms with Crippen LogP contribution in [0.25, 0.3) is 5.65 Å². The van der Waals surface area contributed by atoms with Gasteiger partial charge in [0, 0.05) is 12.6 Å². The number of anilines is 1. The molecule has 0 fully saturated rings. The fourth-order valence-electron chi connectivity index (χ4n) is 2.22. The largest absolute Gasteiger partial charge is 0.365 e. The first-order valence-corrected chi connectivity index (χ1v) is 8.06. The Hall–Kier alpha value is -2.52. The fraction of sp³-hybridized carbons (Fsp3) is 0.188. The number of aryl methyl sites for hydroxylation is 1. The van der Waals surface area contributed by atoms with Crippen LogP contribution in [-0.2, 0) is 6.54 Å². The number of aromatic nitrogens is 3. The Morgan fingerprint density at radius 3 is 2.73 bits per heavy atom. The minimum Gasteiger partial charge on any atom is -0.365 e. The van der Waals surface area contributed by atoms with Gasteiger partial charge in [0.1, 0.15) is 16.7 Å². The fourth-order valence-corrected chi connectivity index (χ4v) is 2.76. The van der Waals surface area contributed by atoms with E-state index in [-0.39, 0.29) is 0 Å². The Labute approximate surface area is 133 Å². The van der Waals surface area contributed by atoms with Gasteiger partial charge in [-0.3, -0.25) is 0 Å². The highest BCUT2D eigenvalue weighted by molar-refractivity contribution is 7.98. The number of hydrogen-bond acceptors (Lipinski definition) is 5. The Morgan fingerprint density at radius 2 is 2.05 bits per heavy atom. The zero-order valence-electron chi connectivity index (χ0n) is 12.4. The third-order valence-corrected chi connectivity index (χ3v) is 4.07. The number of fused-ring (bicyclic) bond motifs is 1. The Kier molecular flexibility index (Phi) is 3.98. The van der Waals surface area contributed by atoms with Crippen molar-refractivity contribution in [3.8, 4) is 6.07 Å². The normalized spacial score (nSPS) is 10.6. The molecule has 2 aromatic heterocycles. The van der Waals surface area contributed by atoms with Gasteiger partial charge in [-0.25, -0.2) is 4.98 Å². The quantitative estimate of drug-likeness (QED) is 0.592. The summed E-state index contributed by atoms with van der Waals surface area (Å²) in [6.07, 6.45) is 3.60. The van der Waals surface area contributed by atoms with Crippen LogP contribution in [0.4, 0.5) is 5.82 Å². The van der Waals surface area contributed by atoms with Crippen molar-refractivity contribution in [2.45, 2.75) is 18.5 Å². The molecule has 0 bridgehead atoms. The summed E-state index contributed by atoms with van der Waals surface area (Å²) in [5.74, 6) is 0.683. The van der Waals surface area contributed by atoms with Crippen LogP contribution in [0.2, 0.25) is 0 Å². The SMILES string of the molecule is CSc1nc2ccnn2c(NCc2ccc(C)cc2)c1C#N. The molecule has 0 amide bonds. The number of hydrogen-bond donors (Lipinski definition) is 1. The smallest absolute Gasteiger partial charge is 0.158 e. The first-order chi connectivity index (χ1) is 10.7. The van der Waals surface area contributed by atoms with E-state index in [9.17, 15) is 5.26 Å². The maximum atomic E-state index is 9.48. The molecule has 0 unspecified atom stereocenters. The molecule has 0 aliphatic heterocycles. The number of nitriles is 1. The summed E-state index contributed by atoms with van der Waals surface area (Å²) in [5.41, 5.74) is 3.63. The van der Waals surface area contributed by atoms with E-state index in [2.05, 4.69) is 52.7 Å². The van der Waals surface area contributed by atoms with Gasteiger partial charge in [-0.05, 0) is 18.7 Å². The Bertz CT molecular complexity index is 845. The highest BCUT2D eigenvalue weighted by atomic mass is 32.2. The van der Waals surface area contributed by atoms with Gasteiger partial charge in [-0.2, -0.15) is 14.9 Å². The van der Waals surface area contributed by atoms with E-state index in [0.717, 1.165) is 11.2 Å². The molecule has 0 saturated heterocycles. The van der Waals surface area contributed by atoms with Gasteiger partial charge in [0.2, 0.25) is 0 Å². The molecule has 3 aromatic rings. The molecule has 0 aliphatic rings. The molecule has 3 rings (SSSR count). The molecule has 1 aromatic carbocycles. The maximum Gasteiger partial charge on any atom is 0.158 e. The van der Waals surface area contributed by atoms with E-state index in [1.54, 1.807) is 10.7 Å². The molecule has 110 valence electrons. The van der Waals surface area contributed by atoms with Crippen LogP contribution in [0.1, 0.15) is 16.7 Å². The molecule has 0 spiro atoms. The van der Waals surface area contributed by atoms with Crippen molar-refractivity contribution in [1.29, 1.82) is 5.26 Å². The number of rotatable bonds is 4. The van der Waals surface area contributed by atoms with Crippen molar-refractivity contribution in [2.75, 3.05) is 11.6 Å². The molecule has 5 nitrogen and oxygen atoms in total. The molecule has 0 aliphatic carbocycles. The lowest BCUT2D eigenvalue weighted by molar-refractivity contribution is 0.897. The topological polar surface area (TPSA) is 66.0 Å². The van der Waals surface area contributed by atoms with Crippen LogP contribution in [0, 0.1) is 18.3 Å². The van der Waals surface area contributed by atoms with Crippen molar-refractivity contribution in [3.05, 3.63) is 53.2 Å². The first-order valence-electron chi connectivity index (χ1n) is 6.84. The van der Waals surface area contributed by atoms with Gasteiger partial charge in [0.25, 0.3) is 0 Å². The van der Waals surface area contributed by atoms with Crippen LogP contribution in [0.5, 0.6) is 0 Å². The van der Waals surface area contributed by atoms with E-state index >= 15 is 0 Å². The molecular weight excluding hydrogens is 294 g/mol. The second kappa shape index (κ2) is 6.08. The lowest BCUT2D eigenvalue weighted by Gasteiger charge is -2.12. The van der Waals surface area contributed by atoms with Gasteiger partial charge in [-0.1, -0.05) is 29.8 Å². The van der Waals surface area contributed by atoms with Gasteiger partial charge in [0.15, 0.2) is 11.5 Å². The minimum absolute atomic E-state index is 0.524. The number of nitrogens with zero attached hydrogens (tertiary/aromatic N) is 4. The zero-order valence-corrected chi connectivity index (χ0v) is 13.2. The third-order valence-electron chi connectivity index (χ3n) is 3.39. The highest BCUT2D eigenvalue weighted by Crippen LogP contribution is 2.26. The molecule has 6 heteroatoms. The van der Waals surface area contributed by atoms with E-state index < -0.39 is 0 Å². The summed E-state index contributed by atoms with van der Waals surface area (Å²) >= 11 is 1.46. The zero-order chi connectivity index (χ0) is 15.5. The lowest BCUT2D eigenvalue weighted by Crippen LogP contribution is -2.09. The number of thioether (sulfide) groups is 1. The van der Waals surface area contributed by atoms with Crippen LogP contribution < -0.4 is 5.32 Å². The second-order valence-corrected chi connectivity index (χ2v) is 5.69. The van der Waals surface area contributed by atoms with Crippen LogP contribution in [0.3, 0.4) is 0 Å². The van der Waals surface area contributed by atoms with Crippen molar-refractivity contribution >= 4 is 23.2 Å². The number of benzene rings is 1. The van der Waals surface area contributed by atoms with E-state index in [0.29, 0.717) is 23.0 Å². The Balaban J connectivity index is 1.99. The van der Waals surface area contributed by atoms with Gasteiger partial charge >= 0.3 is 0 Å². The summed E-state index contributed by atoms with van der Waals surface area (Å²) in [6, 6.07) is 12.4. The Morgan fingerprint density at radius 1 is 1.27 bits per heavy atom. The molecule has 0 radical (unpaired) electrons. The minimum atomic E-state index is 0.524. The summed E-state index contributed by atoms with van der Waals surface area (Å²) in [5, 5.41) is 17.8. The molecular formula is C16H15N5S. The average molecular weight is 309 g/mol. The second-order valence-electron chi connectivity index (χ2n) is 4.90. The first kappa shape index (κ1) is 14.4. The molecule has 0 saturated carbocycles. The van der Waals surface area contributed by atoms with Gasteiger partial charge in [0.05, 0.1) is 6.20 Å². The summed E-state index contributed by atoms with van der Waals surface area (Å²) in [6.45, 7) is 2.69. The van der Waals surface area contributed by atoms with Crippen LogP contribution in [0.15, 0.2) is 41.6 Å². The van der Waals surface area contributed by atoms with Crippen molar-refractivity contribution < 1.29 is 0 Å². The lowest BCUT2D eigenvalue weighted by atomic mass is 10.1. The molecule has 22 heavy (non-hydrogen) atoms. The van der Waals surface area contributed by atoms with Gasteiger partial charge in [-0.15, -0.1) is 11.8 Å². The molecule has 0 atom stereocenters. The summed E-state index contributed by atoms with van der Waals surface area (Å²) in [7, 11) is 0. The van der Waals surface area contributed by atoms with Gasteiger partial charge < -0.3 is 5.32 Å². The molecule has 1 N–H and O–H groups in total. The highest BCUT2D eigenvalue weighted by Gasteiger charge is 2.15. The molecule has 2 heterocycles. The van der Waals surface area contributed by atoms with Crippen LogP contribution in [-0.4, -0.2) is 20.9 Å². The van der Waals surface area contributed by atoms with E-state index in [4.69, 9.17) is 0 Å². The average Bonchev–Trinajstić information content (AvgIpc) is 3.01.